The molecule has 1 aromatic rings. The molecule has 0 aromatic heterocycles. The first-order valence-corrected chi connectivity index (χ1v) is 5.29. The zero-order chi connectivity index (χ0) is 11.1. The van der Waals surface area contributed by atoms with E-state index >= 15 is 0 Å². The van der Waals surface area contributed by atoms with Gasteiger partial charge < -0.3 is 5.73 Å². The molecule has 2 N–H and O–H groups in total. The van der Waals surface area contributed by atoms with Gasteiger partial charge in [-0.2, -0.15) is 0 Å². The second-order valence-corrected chi connectivity index (χ2v) is 5.05. The second-order valence-electron chi connectivity index (χ2n) is 4.19. The van der Waals surface area contributed by atoms with Gasteiger partial charge in [-0.15, -0.1) is 0 Å². The fourth-order valence-corrected chi connectivity index (χ4v) is 1.92. The Kier molecular flexibility index (Phi) is 3.02. The van der Waals surface area contributed by atoms with Crippen molar-refractivity contribution in [1.82, 2.24) is 0 Å². The number of rotatable bonds is 1. The predicted octanol–water partition coefficient (Wildman–Crippen LogP) is 3.40. The lowest BCUT2D eigenvalue weighted by Crippen LogP contribution is -2.30. The van der Waals surface area contributed by atoms with Gasteiger partial charge in [0, 0.05) is 10.0 Å². The standard InChI is InChI=1S/C11H15BrFN/c1-6-8(11(3,4)14)5-9(12)7(2)10(6)13/h5H,14H2,1-4H3. The van der Waals surface area contributed by atoms with Crippen LogP contribution in [0.3, 0.4) is 0 Å². The van der Waals surface area contributed by atoms with Gasteiger partial charge in [-0.25, -0.2) is 4.39 Å². The van der Waals surface area contributed by atoms with Crippen LogP contribution in [0.4, 0.5) is 4.39 Å². The van der Waals surface area contributed by atoms with Crippen molar-refractivity contribution in [1.29, 1.82) is 0 Å². The third-order valence-corrected chi connectivity index (χ3v) is 3.21. The van der Waals surface area contributed by atoms with Gasteiger partial charge in [-0.05, 0) is 50.5 Å². The quantitative estimate of drug-likeness (QED) is 0.822. The molecule has 0 bridgehead atoms. The first-order chi connectivity index (χ1) is 6.25. The first kappa shape index (κ1) is 11.7. The topological polar surface area (TPSA) is 26.0 Å². The van der Waals surface area contributed by atoms with E-state index in [0.29, 0.717) is 11.1 Å². The number of benzene rings is 1. The highest BCUT2D eigenvalue weighted by Gasteiger charge is 2.21. The monoisotopic (exact) mass is 259 g/mol. The van der Waals surface area contributed by atoms with Crippen molar-refractivity contribution in [2.75, 3.05) is 0 Å². The van der Waals surface area contributed by atoms with Crippen molar-refractivity contribution in [3.8, 4) is 0 Å². The summed E-state index contributed by atoms with van der Waals surface area (Å²) in [5.74, 6) is -0.173. The van der Waals surface area contributed by atoms with Crippen LogP contribution in [0.5, 0.6) is 0 Å². The number of hydrogen-bond acceptors (Lipinski definition) is 1. The molecule has 0 amide bonds. The maximum atomic E-state index is 13.7. The minimum atomic E-state index is -0.513. The van der Waals surface area contributed by atoms with Crippen molar-refractivity contribution in [3.63, 3.8) is 0 Å². The summed E-state index contributed by atoms with van der Waals surface area (Å²) in [4.78, 5) is 0. The van der Waals surface area contributed by atoms with Crippen LogP contribution in [-0.4, -0.2) is 0 Å². The molecule has 78 valence electrons. The minimum absolute atomic E-state index is 0.173. The van der Waals surface area contributed by atoms with E-state index in [2.05, 4.69) is 15.9 Å². The van der Waals surface area contributed by atoms with Gasteiger partial charge in [0.2, 0.25) is 0 Å². The lowest BCUT2D eigenvalue weighted by atomic mass is 9.90. The van der Waals surface area contributed by atoms with Crippen LogP contribution in [0.1, 0.15) is 30.5 Å². The molecule has 0 spiro atoms. The van der Waals surface area contributed by atoms with Gasteiger partial charge >= 0.3 is 0 Å². The molecule has 0 aliphatic rings. The third kappa shape index (κ3) is 1.98. The lowest BCUT2D eigenvalue weighted by Gasteiger charge is -2.23. The lowest BCUT2D eigenvalue weighted by molar-refractivity contribution is 0.533. The average molecular weight is 260 g/mol. The van der Waals surface area contributed by atoms with E-state index in [1.807, 2.05) is 19.9 Å². The summed E-state index contributed by atoms with van der Waals surface area (Å²) in [7, 11) is 0. The normalized spacial score (nSPS) is 11.9. The number of halogens is 2. The van der Waals surface area contributed by atoms with Crippen molar-refractivity contribution in [2.45, 2.75) is 33.2 Å². The van der Waals surface area contributed by atoms with Gasteiger partial charge in [0.05, 0.1) is 0 Å². The molecular weight excluding hydrogens is 245 g/mol. The fourth-order valence-electron chi connectivity index (χ4n) is 1.52. The van der Waals surface area contributed by atoms with E-state index in [9.17, 15) is 4.39 Å². The van der Waals surface area contributed by atoms with Gasteiger partial charge in [0.1, 0.15) is 5.82 Å². The zero-order valence-electron chi connectivity index (χ0n) is 8.91. The second kappa shape index (κ2) is 3.63. The molecule has 0 aliphatic heterocycles. The van der Waals surface area contributed by atoms with Crippen molar-refractivity contribution < 1.29 is 4.39 Å². The summed E-state index contributed by atoms with van der Waals surface area (Å²) in [6.07, 6.45) is 0. The van der Waals surface area contributed by atoms with Crippen molar-refractivity contribution in [3.05, 3.63) is 33.0 Å². The molecule has 0 unspecified atom stereocenters. The number of hydrogen-bond donors (Lipinski definition) is 1. The molecule has 1 aromatic carbocycles. The van der Waals surface area contributed by atoms with E-state index in [1.54, 1.807) is 13.8 Å². The molecule has 0 atom stereocenters. The molecule has 3 heteroatoms. The van der Waals surface area contributed by atoms with E-state index in [1.165, 1.54) is 0 Å². The SMILES string of the molecule is Cc1c(Br)cc(C(C)(C)N)c(C)c1F. The highest BCUT2D eigenvalue weighted by Crippen LogP contribution is 2.30. The van der Waals surface area contributed by atoms with Crippen LogP contribution in [0.25, 0.3) is 0 Å². The van der Waals surface area contributed by atoms with Crippen LogP contribution in [0.15, 0.2) is 10.5 Å². The van der Waals surface area contributed by atoms with Gasteiger partial charge in [0.25, 0.3) is 0 Å². The molecule has 0 saturated heterocycles. The van der Waals surface area contributed by atoms with Crippen LogP contribution in [-0.2, 0) is 5.54 Å². The summed E-state index contributed by atoms with van der Waals surface area (Å²) >= 11 is 3.33. The molecule has 0 saturated carbocycles. The van der Waals surface area contributed by atoms with Crippen LogP contribution < -0.4 is 5.73 Å². The Labute approximate surface area is 92.6 Å². The van der Waals surface area contributed by atoms with Crippen molar-refractivity contribution >= 4 is 15.9 Å². The zero-order valence-corrected chi connectivity index (χ0v) is 10.5. The minimum Gasteiger partial charge on any atom is -0.322 e. The Balaban J connectivity index is 3.49. The smallest absolute Gasteiger partial charge is 0.130 e. The molecule has 1 nitrogen and oxygen atoms in total. The van der Waals surface area contributed by atoms with Crippen LogP contribution >= 0.6 is 15.9 Å². The van der Waals surface area contributed by atoms with E-state index in [4.69, 9.17) is 5.73 Å². The summed E-state index contributed by atoms with van der Waals surface area (Å²) in [6, 6.07) is 1.90. The van der Waals surface area contributed by atoms with Crippen molar-refractivity contribution in [2.24, 2.45) is 5.73 Å². The Morgan fingerprint density at radius 2 is 1.79 bits per heavy atom. The molecule has 0 heterocycles. The Morgan fingerprint density at radius 3 is 2.21 bits per heavy atom. The molecule has 0 radical (unpaired) electrons. The highest BCUT2D eigenvalue weighted by molar-refractivity contribution is 9.10. The highest BCUT2D eigenvalue weighted by atomic mass is 79.9. The Morgan fingerprint density at radius 1 is 1.29 bits per heavy atom. The predicted molar refractivity (Wildman–Crippen MR) is 60.8 cm³/mol. The molecule has 14 heavy (non-hydrogen) atoms. The summed E-state index contributed by atoms with van der Waals surface area (Å²) < 4.78 is 14.5. The van der Waals surface area contributed by atoms with E-state index in [-0.39, 0.29) is 5.82 Å². The molecule has 0 aliphatic carbocycles. The fraction of sp³-hybridized carbons (Fsp3) is 0.455. The maximum Gasteiger partial charge on any atom is 0.130 e. The van der Waals surface area contributed by atoms with Gasteiger partial charge in [-0.1, -0.05) is 15.9 Å². The van der Waals surface area contributed by atoms with Crippen LogP contribution in [0.2, 0.25) is 0 Å². The van der Waals surface area contributed by atoms with Crippen LogP contribution in [0, 0.1) is 19.7 Å². The first-order valence-electron chi connectivity index (χ1n) is 4.49. The Hall–Kier alpha value is -0.410. The third-order valence-electron chi connectivity index (χ3n) is 2.39. The summed E-state index contributed by atoms with van der Waals surface area (Å²) in [5, 5.41) is 0. The van der Waals surface area contributed by atoms with Gasteiger partial charge in [0.15, 0.2) is 0 Å². The van der Waals surface area contributed by atoms with E-state index < -0.39 is 5.54 Å². The molecule has 0 fully saturated rings. The Bertz CT molecular complexity index is 367. The summed E-state index contributed by atoms with van der Waals surface area (Å²) in [6.45, 7) is 7.26. The molecule has 1 rings (SSSR count). The summed E-state index contributed by atoms with van der Waals surface area (Å²) in [5.41, 5.74) is 7.56. The van der Waals surface area contributed by atoms with E-state index in [0.717, 1.165) is 10.0 Å². The van der Waals surface area contributed by atoms with Gasteiger partial charge in [-0.3, -0.25) is 0 Å². The maximum absolute atomic E-state index is 13.7. The largest absolute Gasteiger partial charge is 0.322 e. The number of nitrogens with two attached hydrogens (primary N) is 1. The molecular formula is C11H15BrFN. The average Bonchev–Trinajstić information content (AvgIpc) is 2.06.